The fraction of sp³-hybridized carbons (Fsp3) is 0.118. The van der Waals surface area contributed by atoms with E-state index in [1.54, 1.807) is 0 Å². The van der Waals surface area contributed by atoms with Gasteiger partial charge in [-0.15, -0.1) is 10.2 Å². The van der Waals surface area contributed by atoms with Crippen molar-refractivity contribution in [1.82, 2.24) is 15.2 Å². The number of benzene rings is 2. The van der Waals surface area contributed by atoms with Gasteiger partial charge in [-0.2, -0.15) is 0 Å². The van der Waals surface area contributed by atoms with Crippen LogP contribution in [0.4, 0.5) is 11.6 Å². The summed E-state index contributed by atoms with van der Waals surface area (Å²) >= 11 is 0. The van der Waals surface area contributed by atoms with E-state index in [1.807, 2.05) is 68.7 Å². The first-order valence-corrected chi connectivity index (χ1v) is 6.98. The lowest BCUT2D eigenvalue weighted by molar-refractivity contribution is 0.997. The normalized spacial score (nSPS) is 10.5. The predicted octanol–water partition coefficient (Wildman–Crippen LogP) is 2.85. The minimum Gasteiger partial charge on any atom is -0.378 e. The van der Waals surface area contributed by atoms with Crippen molar-refractivity contribution >= 4 is 11.6 Å². The van der Waals surface area contributed by atoms with Gasteiger partial charge in [0.2, 0.25) is 5.95 Å². The van der Waals surface area contributed by atoms with Crippen molar-refractivity contribution in [3.63, 3.8) is 0 Å². The van der Waals surface area contributed by atoms with Gasteiger partial charge in [-0.1, -0.05) is 42.5 Å². The first kappa shape index (κ1) is 14.0. The summed E-state index contributed by atoms with van der Waals surface area (Å²) < 4.78 is 0. The number of aromatic nitrogens is 3. The molecular formula is C17H17N5. The fourth-order valence-corrected chi connectivity index (χ4v) is 2.25. The third kappa shape index (κ3) is 2.74. The van der Waals surface area contributed by atoms with E-state index in [-0.39, 0.29) is 5.95 Å². The summed E-state index contributed by atoms with van der Waals surface area (Å²) in [4.78, 5) is 6.43. The molecule has 0 aliphatic carbocycles. The van der Waals surface area contributed by atoms with E-state index in [4.69, 9.17) is 5.73 Å². The van der Waals surface area contributed by atoms with E-state index in [1.165, 1.54) is 0 Å². The van der Waals surface area contributed by atoms with Gasteiger partial charge in [0, 0.05) is 30.9 Å². The fourth-order valence-electron chi connectivity index (χ4n) is 2.25. The maximum atomic E-state index is 5.73. The number of rotatable bonds is 3. The number of anilines is 2. The zero-order chi connectivity index (χ0) is 15.5. The molecule has 0 saturated carbocycles. The van der Waals surface area contributed by atoms with Crippen molar-refractivity contribution in [2.24, 2.45) is 0 Å². The largest absolute Gasteiger partial charge is 0.378 e. The van der Waals surface area contributed by atoms with E-state index in [9.17, 15) is 0 Å². The molecule has 0 fully saturated rings. The summed E-state index contributed by atoms with van der Waals surface area (Å²) in [6, 6.07) is 18.0. The molecule has 1 heterocycles. The van der Waals surface area contributed by atoms with Crippen LogP contribution in [-0.4, -0.2) is 29.3 Å². The Morgan fingerprint density at radius 1 is 0.773 bits per heavy atom. The second-order valence-corrected chi connectivity index (χ2v) is 5.17. The van der Waals surface area contributed by atoms with Crippen molar-refractivity contribution in [2.75, 3.05) is 24.7 Å². The highest BCUT2D eigenvalue weighted by molar-refractivity contribution is 5.78. The highest BCUT2D eigenvalue weighted by atomic mass is 15.2. The van der Waals surface area contributed by atoms with Crippen molar-refractivity contribution in [3.8, 4) is 22.5 Å². The quantitative estimate of drug-likeness (QED) is 0.803. The molecule has 5 heteroatoms. The molecule has 0 aliphatic rings. The minimum atomic E-state index is 0.173. The minimum absolute atomic E-state index is 0.173. The topological polar surface area (TPSA) is 67.9 Å². The molecule has 0 radical (unpaired) electrons. The van der Waals surface area contributed by atoms with Gasteiger partial charge in [-0.25, -0.2) is 4.98 Å². The summed E-state index contributed by atoms with van der Waals surface area (Å²) in [5.74, 6) is 0.173. The van der Waals surface area contributed by atoms with Gasteiger partial charge in [-0.05, 0) is 12.1 Å². The van der Waals surface area contributed by atoms with Gasteiger partial charge in [0.05, 0.1) is 0 Å². The van der Waals surface area contributed by atoms with Crippen LogP contribution >= 0.6 is 0 Å². The van der Waals surface area contributed by atoms with Gasteiger partial charge in [-0.3, -0.25) is 0 Å². The molecule has 0 bridgehead atoms. The summed E-state index contributed by atoms with van der Waals surface area (Å²) in [6.45, 7) is 0. The molecule has 3 aromatic rings. The maximum Gasteiger partial charge on any atom is 0.240 e. The van der Waals surface area contributed by atoms with Crippen LogP contribution in [0.3, 0.4) is 0 Å². The first-order chi connectivity index (χ1) is 10.6. The molecule has 2 N–H and O–H groups in total. The van der Waals surface area contributed by atoms with Gasteiger partial charge in [0.25, 0.3) is 0 Å². The highest BCUT2D eigenvalue weighted by Gasteiger charge is 2.12. The van der Waals surface area contributed by atoms with E-state index in [0.29, 0.717) is 0 Å². The van der Waals surface area contributed by atoms with Gasteiger partial charge in [0.1, 0.15) is 11.4 Å². The molecule has 3 rings (SSSR count). The molecule has 0 amide bonds. The zero-order valence-corrected chi connectivity index (χ0v) is 12.6. The lowest BCUT2D eigenvalue weighted by atomic mass is 10.0. The van der Waals surface area contributed by atoms with Crippen LogP contribution in [0.5, 0.6) is 0 Å². The Labute approximate surface area is 129 Å². The Kier molecular flexibility index (Phi) is 3.70. The summed E-state index contributed by atoms with van der Waals surface area (Å²) in [7, 11) is 4.02. The van der Waals surface area contributed by atoms with Crippen molar-refractivity contribution in [3.05, 3.63) is 54.6 Å². The smallest absolute Gasteiger partial charge is 0.240 e. The van der Waals surface area contributed by atoms with Crippen LogP contribution in [0.2, 0.25) is 0 Å². The Balaban J connectivity index is 2.11. The maximum absolute atomic E-state index is 5.73. The van der Waals surface area contributed by atoms with Crippen LogP contribution in [0, 0.1) is 0 Å². The van der Waals surface area contributed by atoms with Crippen molar-refractivity contribution < 1.29 is 0 Å². The standard InChI is InChI=1S/C17H17N5/c1-22(2)14-10-8-13(9-11-14)15-16(20-21-17(18)19-15)12-6-4-3-5-7-12/h3-11H,1-2H3,(H2,18,19,21). The lowest BCUT2D eigenvalue weighted by Crippen LogP contribution is -2.08. The molecule has 0 unspecified atom stereocenters. The Morgan fingerprint density at radius 2 is 1.41 bits per heavy atom. The van der Waals surface area contributed by atoms with E-state index >= 15 is 0 Å². The second kappa shape index (κ2) is 5.81. The monoisotopic (exact) mass is 291 g/mol. The predicted molar refractivity (Wildman–Crippen MR) is 89.4 cm³/mol. The van der Waals surface area contributed by atoms with Crippen LogP contribution < -0.4 is 10.6 Å². The van der Waals surface area contributed by atoms with Crippen LogP contribution in [-0.2, 0) is 0 Å². The Bertz CT molecular complexity index is 767. The first-order valence-electron chi connectivity index (χ1n) is 6.98. The number of hydrogen-bond donors (Lipinski definition) is 1. The molecule has 1 aromatic heterocycles. The Morgan fingerprint density at radius 3 is 2.05 bits per heavy atom. The molecule has 0 atom stereocenters. The van der Waals surface area contributed by atoms with E-state index < -0.39 is 0 Å². The number of nitrogens with zero attached hydrogens (tertiary/aromatic N) is 4. The number of hydrogen-bond acceptors (Lipinski definition) is 5. The highest BCUT2D eigenvalue weighted by Crippen LogP contribution is 2.29. The van der Waals surface area contributed by atoms with Crippen molar-refractivity contribution in [2.45, 2.75) is 0 Å². The summed E-state index contributed by atoms with van der Waals surface area (Å²) in [5.41, 5.74) is 10.3. The molecule has 2 aromatic carbocycles. The zero-order valence-electron chi connectivity index (χ0n) is 12.6. The molecule has 0 saturated heterocycles. The van der Waals surface area contributed by atoms with E-state index in [2.05, 4.69) is 20.1 Å². The summed E-state index contributed by atoms with van der Waals surface area (Å²) in [6.07, 6.45) is 0. The van der Waals surface area contributed by atoms with Crippen LogP contribution in [0.1, 0.15) is 0 Å². The summed E-state index contributed by atoms with van der Waals surface area (Å²) in [5, 5.41) is 8.13. The third-order valence-electron chi connectivity index (χ3n) is 3.41. The van der Waals surface area contributed by atoms with Crippen LogP contribution in [0.15, 0.2) is 54.6 Å². The average Bonchev–Trinajstić information content (AvgIpc) is 2.55. The van der Waals surface area contributed by atoms with Gasteiger partial charge < -0.3 is 10.6 Å². The van der Waals surface area contributed by atoms with E-state index in [0.717, 1.165) is 28.2 Å². The molecule has 0 spiro atoms. The van der Waals surface area contributed by atoms with Crippen LogP contribution in [0.25, 0.3) is 22.5 Å². The average molecular weight is 291 g/mol. The molecule has 110 valence electrons. The SMILES string of the molecule is CN(C)c1ccc(-c2nc(N)nnc2-c2ccccc2)cc1. The lowest BCUT2D eigenvalue weighted by Gasteiger charge is -2.13. The number of nitrogen functional groups attached to an aromatic ring is 1. The molecular weight excluding hydrogens is 274 g/mol. The molecule has 5 nitrogen and oxygen atoms in total. The molecule has 22 heavy (non-hydrogen) atoms. The second-order valence-electron chi connectivity index (χ2n) is 5.17. The van der Waals surface area contributed by atoms with Gasteiger partial charge in [0.15, 0.2) is 0 Å². The van der Waals surface area contributed by atoms with Gasteiger partial charge >= 0.3 is 0 Å². The molecule has 0 aliphatic heterocycles. The Hall–Kier alpha value is -2.95. The third-order valence-corrected chi connectivity index (χ3v) is 3.41. The van der Waals surface area contributed by atoms with Crippen molar-refractivity contribution in [1.29, 1.82) is 0 Å². The number of nitrogens with two attached hydrogens (primary N) is 1.